The highest BCUT2D eigenvalue weighted by Gasteiger charge is 2.25. The minimum Gasteiger partial charge on any atom is -0.310 e. The van der Waals surface area contributed by atoms with Crippen LogP contribution in [-0.2, 0) is 0 Å². The lowest BCUT2D eigenvalue weighted by molar-refractivity contribution is 1.17. The van der Waals surface area contributed by atoms with Crippen molar-refractivity contribution in [3.05, 3.63) is 273 Å². The Balaban J connectivity index is 1.08. The molecule has 2 heterocycles. The molecule has 0 spiro atoms. The SMILES string of the molecule is c1ccc(-n2c3ccccc3c3cc(-c4cccc5c6ccccc6n(-c6ccccc6)c45)c(N(c4ccc(-c5cccc6ccccc56)cc4)c4ccc(-c5cccc6ccccc56)cc4)cc32)cc1. The van der Waals surface area contributed by atoms with Gasteiger partial charge in [-0.1, -0.05) is 200 Å². The summed E-state index contributed by atoms with van der Waals surface area (Å²) in [5.74, 6) is 0. The van der Waals surface area contributed by atoms with E-state index in [9.17, 15) is 0 Å². The van der Waals surface area contributed by atoms with E-state index in [4.69, 9.17) is 0 Å². The lowest BCUT2D eigenvalue weighted by Gasteiger charge is -2.29. The van der Waals surface area contributed by atoms with Gasteiger partial charge in [-0.3, -0.25) is 0 Å². The molecule has 0 fully saturated rings. The Bertz CT molecular complexity index is 4180. The quantitative estimate of drug-likeness (QED) is 0.148. The van der Waals surface area contributed by atoms with Gasteiger partial charge in [-0.2, -0.15) is 0 Å². The first kappa shape index (κ1) is 40.6. The molecule has 0 atom stereocenters. The van der Waals surface area contributed by atoms with Crippen molar-refractivity contribution in [1.29, 1.82) is 0 Å². The minimum absolute atomic E-state index is 1.06. The molecule has 0 aliphatic rings. The molecule has 0 aliphatic carbocycles. The van der Waals surface area contributed by atoms with Crippen molar-refractivity contribution in [2.45, 2.75) is 0 Å². The normalized spacial score (nSPS) is 11.7. The van der Waals surface area contributed by atoms with E-state index in [0.717, 1.165) is 45.1 Å². The average molecular weight is 904 g/mol. The molecule has 0 unspecified atom stereocenters. The number of para-hydroxylation sites is 5. The smallest absolute Gasteiger partial charge is 0.0620 e. The molecule has 0 N–H and O–H groups in total. The molecule has 71 heavy (non-hydrogen) atoms. The van der Waals surface area contributed by atoms with Crippen LogP contribution in [0.25, 0.3) is 110 Å². The van der Waals surface area contributed by atoms with Gasteiger partial charge in [0.15, 0.2) is 0 Å². The molecule has 0 radical (unpaired) electrons. The van der Waals surface area contributed by atoms with Crippen LogP contribution in [0.5, 0.6) is 0 Å². The summed E-state index contributed by atoms with van der Waals surface area (Å²) in [5, 5.41) is 9.79. The van der Waals surface area contributed by atoms with Crippen LogP contribution in [0.2, 0.25) is 0 Å². The number of hydrogen-bond donors (Lipinski definition) is 0. The summed E-state index contributed by atoms with van der Waals surface area (Å²) in [6.07, 6.45) is 0. The first-order valence-electron chi connectivity index (χ1n) is 24.4. The highest BCUT2D eigenvalue weighted by atomic mass is 15.1. The highest BCUT2D eigenvalue weighted by molar-refractivity contribution is 6.18. The maximum Gasteiger partial charge on any atom is 0.0620 e. The molecule has 332 valence electrons. The Kier molecular flexibility index (Phi) is 9.53. The van der Waals surface area contributed by atoms with E-state index in [-0.39, 0.29) is 0 Å². The van der Waals surface area contributed by atoms with E-state index < -0.39 is 0 Å². The third-order valence-electron chi connectivity index (χ3n) is 14.5. The van der Waals surface area contributed by atoms with Crippen LogP contribution < -0.4 is 4.90 Å². The molecule has 2 aromatic heterocycles. The van der Waals surface area contributed by atoms with Gasteiger partial charge >= 0.3 is 0 Å². The summed E-state index contributed by atoms with van der Waals surface area (Å²) < 4.78 is 4.90. The van der Waals surface area contributed by atoms with Crippen LogP contribution in [0.15, 0.2) is 273 Å². The molecule has 14 aromatic rings. The molecule has 0 saturated carbocycles. The fraction of sp³-hybridized carbons (Fsp3) is 0. The Morgan fingerprint density at radius 1 is 0.254 bits per heavy atom. The number of rotatable bonds is 8. The lowest BCUT2D eigenvalue weighted by atomic mass is 9.95. The van der Waals surface area contributed by atoms with E-state index in [1.54, 1.807) is 0 Å². The average Bonchev–Trinajstić information content (AvgIpc) is 3.96. The van der Waals surface area contributed by atoms with Crippen molar-refractivity contribution in [2.24, 2.45) is 0 Å². The maximum atomic E-state index is 2.48. The summed E-state index contributed by atoms with van der Waals surface area (Å²) in [6.45, 7) is 0. The minimum atomic E-state index is 1.06. The number of nitrogens with zero attached hydrogens (tertiary/aromatic N) is 3. The summed E-state index contributed by atoms with van der Waals surface area (Å²) in [5.41, 5.74) is 17.2. The van der Waals surface area contributed by atoms with Gasteiger partial charge in [-0.15, -0.1) is 0 Å². The molecular formula is C68H45N3. The Morgan fingerprint density at radius 2 is 0.676 bits per heavy atom. The van der Waals surface area contributed by atoms with Crippen LogP contribution in [0.4, 0.5) is 17.1 Å². The number of benzene rings is 12. The molecule has 3 heteroatoms. The van der Waals surface area contributed by atoms with E-state index in [0.29, 0.717) is 0 Å². The number of hydrogen-bond acceptors (Lipinski definition) is 1. The van der Waals surface area contributed by atoms with E-state index in [1.807, 2.05) is 0 Å². The largest absolute Gasteiger partial charge is 0.310 e. The maximum absolute atomic E-state index is 2.48. The Hall–Kier alpha value is -9.44. The van der Waals surface area contributed by atoms with Crippen molar-refractivity contribution < 1.29 is 0 Å². The second-order valence-corrected chi connectivity index (χ2v) is 18.4. The highest BCUT2D eigenvalue weighted by Crippen LogP contribution is 2.49. The summed E-state index contributed by atoms with van der Waals surface area (Å²) in [4.78, 5) is 2.48. The molecule has 14 rings (SSSR count). The predicted octanol–water partition coefficient (Wildman–Crippen LogP) is 18.7. The molecule has 3 nitrogen and oxygen atoms in total. The van der Waals surface area contributed by atoms with Crippen molar-refractivity contribution >= 4 is 82.2 Å². The van der Waals surface area contributed by atoms with Gasteiger partial charge < -0.3 is 14.0 Å². The molecule has 12 aromatic carbocycles. The van der Waals surface area contributed by atoms with Gasteiger partial charge in [0.1, 0.15) is 0 Å². The number of aromatic nitrogens is 2. The summed E-state index contributed by atoms with van der Waals surface area (Å²) in [6, 6.07) is 100. The van der Waals surface area contributed by atoms with Gasteiger partial charge in [0.2, 0.25) is 0 Å². The zero-order valence-electron chi connectivity index (χ0n) is 38.8. The Labute approximate surface area is 412 Å². The van der Waals surface area contributed by atoms with Gasteiger partial charge in [0.05, 0.1) is 27.8 Å². The lowest BCUT2D eigenvalue weighted by Crippen LogP contribution is -2.12. The van der Waals surface area contributed by atoms with Crippen molar-refractivity contribution in [3.8, 4) is 44.8 Å². The predicted molar refractivity (Wildman–Crippen MR) is 301 cm³/mol. The van der Waals surface area contributed by atoms with Crippen molar-refractivity contribution in [1.82, 2.24) is 9.13 Å². The second kappa shape index (κ2) is 16.7. The molecular weight excluding hydrogens is 859 g/mol. The first-order valence-corrected chi connectivity index (χ1v) is 24.4. The first-order chi connectivity index (χ1) is 35.2. The third kappa shape index (κ3) is 6.66. The topological polar surface area (TPSA) is 13.1 Å². The molecule has 0 aliphatic heterocycles. The number of fused-ring (bicyclic) bond motifs is 8. The van der Waals surface area contributed by atoms with Crippen molar-refractivity contribution in [2.75, 3.05) is 4.90 Å². The van der Waals surface area contributed by atoms with Crippen LogP contribution >= 0.6 is 0 Å². The van der Waals surface area contributed by atoms with E-state index in [1.165, 1.54) is 81.9 Å². The molecule has 0 saturated heterocycles. The van der Waals surface area contributed by atoms with E-state index >= 15 is 0 Å². The molecule has 0 amide bonds. The fourth-order valence-electron chi connectivity index (χ4n) is 11.3. The van der Waals surface area contributed by atoms with Gasteiger partial charge in [-0.05, 0) is 117 Å². The zero-order valence-corrected chi connectivity index (χ0v) is 38.8. The van der Waals surface area contributed by atoms with Gasteiger partial charge in [0, 0.05) is 55.4 Å². The summed E-state index contributed by atoms with van der Waals surface area (Å²) in [7, 11) is 0. The standard InChI is InChI=1S/C68H45N3/c1-3-22-50(23-4-1)70-64-34-13-12-29-59(64)62-44-63(61-33-17-32-60-58-28-11-14-35-65(58)71(68(60)61)51-24-5-2-6-25-51)66(45-67(62)70)69(52-40-36-48(37-41-52)56-30-15-20-46-18-7-9-26-54(46)56)53-42-38-49(39-43-53)57-31-16-21-47-19-8-10-27-55(47)57/h1-45H. The van der Waals surface area contributed by atoms with Crippen LogP contribution in [0.1, 0.15) is 0 Å². The van der Waals surface area contributed by atoms with Crippen LogP contribution in [0.3, 0.4) is 0 Å². The van der Waals surface area contributed by atoms with Crippen molar-refractivity contribution in [3.63, 3.8) is 0 Å². The number of anilines is 3. The third-order valence-corrected chi connectivity index (χ3v) is 14.5. The Morgan fingerprint density at radius 3 is 1.25 bits per heavy atom. The van der Waals surface area contributed by atoms with E-state index in [2.05, 4.69) is 287 Å². The van der Waals surface area contributed by atoms with Crippen LogP contribution in [0, 0.1) is 0 Å². The van der Waals surface area contributed by atoms with Gasteiger partial charge in [-0.25, -0.2) is 0 Å². The molecule has 0 bridgehead atoms. The monoisotopic (exact) mass is 903 g/mol. The van der Waals surface area contributed by atoms with Crippen LogP contribution in [-0.4, -0.2) is 9.13 Å². The second-order valence-electron chi connectivity index (χ2n) is 18.4. The van der Waals surface area contributed by atoms with Gasteiger partial charge in [0.25, 0.3) is 0 Å². The summed E-state index contributed by atoms with van der Waals surface area (Å²) >= 11 is 0. The zero-order chi connectivity index (χ0) is 46.8. The fourth-order valence-corrected chi connectivity index (χ4v) is 11.3.